The van der Waals surface area contributed by atoms with Gasteiger partial charge >= 0.3 is 0 Å². The van der Waals surface area contributed by atoms with Crippen LogP contribution in [0.25, 0.3) is 0 Å². The number of methoxy groups -OCH3 is 1. The third-order valence-electron chi connectivity index (χ3n) is 1.67. The van der Waals surface area contributed by atoms with Crippen LogP contribution in [0.4, 0.5) is 0 Å². The minimum atomic E-state index is 0.297. The molecule has 1 unspecified atom stereocenters. The van der Waals surface area contributed by atoms with Crippen LogP contribution in [-0.4, -0.2) is 11.7 Å². The van der Waals surface area contributed by atoms with E-state index >= 15 is 0 Å². The van der Waals surface area contributed by atoms with Gasteiger partial charge in [-0.05, 0) is 18.1 Å². The molecule has 0 saturated carbocycles. The van der Waals surface area contributed by atoms with E-state index in [1.807, 2.05) is 18.2 Å². The van der Waals surface area contributed by atoms with Crippen molar-refractivity contribution in [2.24, 2.45) is 5.92 Å². The summed E-state index contributed by atoms with van der Waals surface area (Å²) in [5, 5.41) is 0. The van der Waals surface area contributed by atoms with E-state index in [0.717, 1.165) is 9.39 Å². The van der Waals surface area contributed by atoms with E-state index in [1.54, 1.807) is 7.11 Å². The lowest BCUT2D eigenvalue weighted by atomic mass is 10.1. The van der Waals surface area contributed by atoms with Gasteiger partial charge in [-0.25, -0.2) is 0 Å². The normalized spacial score (nSPS) is 22.8. The Labute approximate surface area is 90.7 Å². The van der Waals surface area contributed by atoms with Gasteiger partial charge in [0.05, 0.1) is 12.0 Å². The van der Waals surface area contributed by atoms with E-state index in [4.69, 9.17) is 9.29 Å². The third-order valence-corrected chi connectivity index (χ3v) is 2.68. The number of ether oxygens (including phenoxy) is 1. The summed E-state index contributed by atoms with van der Waals surface area (Å²) in [5.74, 6) is 1.01. The molecule has 1 N–H and O–H groups in total. The predicted octanol–water partition coefficient (Wildman–Crippen LogP) is 3.54. The highest BCUT2D eigenvalue weighted by molar-refractivity contribution is 9.11. The monoisotopic (exact) mass is 262 g/mol. The molecule has 0 radical (unpaired) electrons. The number of hydrogen-bond acceptors (Lipinski definition) is 3. The number of hydrogen-bond donors (Lipinski definition) is 1. The minimum Gasteiger partial charge on any atom is -0.496 e. The Morgan fingerprint density at radius 3 is 2.77 bits per heavy atom. The molecule has 0 aromatic rings. The molecule has 0 spiro atoms. The smallest absolute Gasteiger partial charge is 0.131 e. The zero-order valence-electron chi connectivity index (χ0n) is 7.45. The summed E-state index contributed by atoms with van der Waals surface area (Å²) >= 11 is 4.08. The Bertz CT molecular complexity index is 281. The summed E-state index contributed by atoms with van der Waals surface area (Å²) in [7, 11) is 1.60. The Balaban J connectivity index is 3.02. The summed E-state index contributed by atoms with van der Waals surface area (Å²) < 4.78 is 15.1. The first-order chi connectivity index (χ1) is 6.17. The van der Waals surface area contributed by atoms with Crippen LogP contribution < -0.4 is 0 Å². The lowest BCUT2D eigenvalue weighted by Gasteiger charge is -2.06. The van der Waals surface area contributed by atoms with E-state index in [-0.39, 0.29) is 0 Å². The molecule has 72 valence electrons. The Kier molecular flexibility index (Phi) is 4.09. The predicted molar refractivity (Wildman–Crippen MR) is 59.6 cm³/mol. The molecule has 0 amide bonds. The molecule has 1 atom stereocenters. The highest BCUT2D eigenvalue weighted by Crippen LogP contribution is 2.30. The van der Waals surface area contributed by atoms with Crippen molar-refractivity contribution < 1.29 is 9.29 Å². The van der Waals surface area contributed by atoms with Crippen molar-refractivity contribution in [3.8, 4) is 0 Å². The van der Waals surface area contributed by atoms with E-state index < -0.39 is 0 Å². The molecule has 4 heteroatoms. The second kappa shape index (κ2) is 4.88. The lowest BCUT2D eigenvalue weighted by Crippen LogP contribution is -1.91. The van der Waals surface area contributed by atoms with Gasteiger partial charge in [-0.1, -0.05) is 28.9 Å². The van der Waals surface area contributed by atoms with Gasteiger partial charge in [0.15, 0.2) is 0 Å². The quantitative estimate of drug-likeness (QED) is 0.773. The summed E-state index contributed by atoms with van der Waals surface area (Å²) in [5.41, 5.74) is 0. The molecule has 2 nitrogen and oxygen atoms in total. The molecule has 1 aliphatic rings. The van der Waals surface area contributed by atoms with Crippen LogP contribution in [0, 0.1) is 5.92 Å². The summed E-state index contributed by atoms with van der Waals surface area (Å²) in [4.78, 5) is 0.718. The van der Waals surface area contributed by atoms with Crippen molar-refractivity contribution in [3.05, 3.63) is 33.4 Å². The molecule has 0 heterocycles. The maximum absolute atomic E-state index is 9.00. The van der Waals surface area contributed by atoms with Crippen LogP contribution in [0.1, 0.15) is 6.92 Å². The topological polar surface area (TPSA) is 29.5 Å². The molecule has 0 aliphatic heterocycles. The van der Waals surface area contributed by atoms with Crippen LogP contribution in [0.2, 0.25) is 0 Å². The van der Waals surface area contributed by atoms with Gasteiger partial charge in [0.1, 0.15) is 5.76 Å². The van der Waals surface area contributed by atoms with Crippen LogP contribution in [0.3, 0.4) is 0 Å². The van der Waals surface area contributed by atoms with Gasteiger partial charge in [-0.3, -0.25) is 0 Å². The first-order valence-electron chi connectivity index (χ1n) is 3.84. The third kappa shape index (κ3) is 2.90. The minimum absolute atomic E-state index is 0.297. The first kappa shape index (κ1) is 10.9. The maximum Gasteiger partial charge on any atom is 0.131 e. The fourth-order valence-electron chi connectivity index (χ4n) is 1.10. The zero-order chi connectivity index (χ0) is 9.84. The van der Waals surface area contributed by atoms with Crippen LogP contribution in [-0.2, 0) is 4.74 Å². The van der Waals surface area contributed by atoms with Gasteiger partial charge in [-0.15, -0.1) is 0 Å². The van der Waals surface area contributed by atoms with Crippen molar-refractivity contribution in [1.82, 2.24) is 0 Å². The SMILES string of the molecule is COC1=CC(C)C=C(Br)C=C1SO. The van der Waals surface area contributed by atoms with Gasteiger partial charge in [-0.2, -0.15) is 0 Å². The Morgan fingerprint density at radius 2 is 2.23 bits per heavy atom. The molecule has 0 fully saturated rings. The Hall–Kier alpha value is -0.190. The van der Waals surface area contributed by atoms with Crippen molar-refractivity contribution in [2.45, 2.75) is 6.92 Å². The van der Waals surface area contributed by atoms with E-state index in [0.29, 0.717) is 23.7 Å². The van der Waals surface area contributed by atoms with Crippen molar-refractivity contribution in [1.29, 1.82) is 0 Å². The van der Waals surface area contributed by atoms with Crippen LogP contribution in [0.15, 0.2) is 33.4 Å². The lowest BCUT2D eigenvalue weighted by molar-refractivity contribution is 0.302. The summed E-state index contributed by atoms with van der Waals surface area (Å²) in [6, 6.07) is 0. The van der Waals surface area contributed by atoms with Crippen molar-refractivity contribution in [2.75, 3.05) is 7.11 Å². The van der Waals surface area contributed by atoms with E-state index in [9.17, 15) is 0 Å². The summed E-state index contributed by atoms with van der Waals surface area (Å²) in [6.07, 6.45) is 5.84. The van der Waals surface area contributed by atoms with E-state index in [1.165, 1.54) is 0 Å². The average molecular weight is 263 g/mol. The fourth-order valence-corrected chi connectivity index (χ4v) is 2.32. The molecule has 0 saturated heterocycles. The maximum atomic E-state index is 9.00. The van der Waals surface area contributed by atoms with Crippen molar-refractivity contribution >= 4 is 28.0 Å². The second-order valence-electron chi connectivity index (χ2n) is 2.75. The molecule has 13 heavy (non-hydrogen) atoms. The van der Waals surface area contributed by atoms with E-state index in [2.05, 4.69) is 22.9 Å². The molecular weight excluding hydrogens is 252 g/mol. The average Bonchev–Trinajstić information content (AvgIpc) is 2.23. The standard InChI is InChI=1S/C9H11BrO2S/c1-6-3-7(10)5-9(13-11)8(4-6)12-2/h3-6,11H,1-2H3. The molecular formula is C9H11BrO2S. The van der Waals surface area contributed by atoms with Crippen LogP contribution in [0.5, 0.6) is 0 Å². The molecule has 1 rings (SSSR count). The molecule has 0 aromatic heterocycles. The largest absolute Gasteiger partial charge is 0.496 e. The highest BCUT2D eigenvalue weighted by atomic mass is 79.9. The second-order valence-corrected chi connectivity index (χ2v) is 4.28. The number of halogens is 1. The van der Waals surface area contributed by atoms with Crippen molar-refractivity contribution in [3.63, 3.8) is 0 Å². The highest BCUT2D eigenvalue weighted by Gasteiger charge is 2.11. The van der Waals surface area contributed by atoms with Crippen LogP contribution >= 0.6 is 28.0 Å². The fraction of sp³-hybridized carbons (Fsp3) is 0.333. The number of allylic oxidation sites excluding steroid dienone is 4. The zero-order valence-corrected chi connectivity index (χ0v) is 9.85. The van der Waals surface area contributed by atoms with Gasteiger partial charge in [0.2, 0.25) is 0 Å². The first-order valence-corrected chi connectivity index (χ1v) is 5.40. The van der Waals surface area contributed by atoms with Gasteiger partial charge in [0, 0.05) is 16.5 Å². The number of rotatable bonds is 2. The van der Waals surface area contributed by atoms with Gasteiger partial charge in [0.25, 0.3) is 0 Å². The van der Waals surface area contributed by atoms with Gasteiger partial charge < -0.3 is 9.29 Å². The molecule has 1 aliphatic carbocycles. The molecule has 0 aromatic carbocycles. The summed E-state index contributed by atoms with van der Waals surface area (Å²) in [6.45, 7) is 2.05. The molecule has 0 bridgehead atoms. The Morgan fingerprint density at radius 1 is 1.54 bits per heavy atom.